The summed E-state index contributed by atoms with van der Waals surface area (Å²) in [7, 11) is 0. The summed E-state index contributed by atoms with van der Waals surface area (Å²) in [5.74, 6) is -1.24. The molecule has 2 aromatic heterocycles. The van der Waals surface area contributed by atoms with E-state index in [0.29, 0.717) is 22.7 Å². The summed E-state index contributed by atoms with van der Waals surface area (Å²) >= 11 is 1.48. The zero-order chi connectivity index (χ0) is 19.0. The topological polar surface area (TPSA) is 89.7 Å². The van der Waals surface area contributed by atoms with Gasteiger partial charge in [-0.15, -0.1) is 11.3 Å². The van der Waals surface area contributed by atoms with Crippen molar-refractivity contribution in [2.24, 2.45) is 0 Å². The van der Waals surface area contributed by atoms with Crippen molar-refractivity contribution in [3.8, 4) is 10.8 Å². The molecule has 0 fully saturated rings. The molecular formula is C19H14N2O5S. The third-order valence-electron chi connectivity index (χ3n) is 4.20. The second kappa shape index (κ2) is 6.81. The molecule has 0 N–H and O–H groups in total. The molecule has 0 bridgehead atoms. The average molecular weight is 382 g/mol. The Balaban J connectivity index is 1.42. The van der Waals surface area contributed by atoms with Gasteiger partial charge in [0, 0.05) is 0 Å². The van der Waals surface area contributed by atoms with E-state index in [9.17, 15) is 14.4 Å². The van der Waals surface area contributed by atoms with Crippen molar-refractivity contribution in [2.45, 2.75) is 19.6 Å². The van der Waals surface area contributed by atoms with Gasteiger partial charge < -0.3 is 9.15 Å². The van der Waals surface area contributed by atoms with Crippen LogP contribution in [0.25, 0.3) is 10.8 Å². The molecule has 1 aromatic carbocycles. The van der Waals surface area contributed by atoms with E-state index >= 15 is 0 Å². The highest BCUT2D eigenvalue weighted by atomic mass is 32.1. The maximum Gasteiger partial charge on any atom is 0.329 e. The zero-order valence-electron chi connectivity index (χ0n) is 14.2. The van der Waals surface area contributed by atoms with Gasteiger partial charge in [0.25, 0.3) is 11.8 Å². The Kier molecular flexibility index (Phi) is 4.33. The van der Waals surface area contributed by atoms with E-state index in [1.165, 1.54) is 24.5 Å². The van der Waals surface area contributed by atoms with Crippen LogP contribution in [0.3, 0.4) is 0 Å². The van der Waals surface area contributed by atoms with Gasteiger partial charge in [0.15, 0.2) is 0 Å². The molecule has 0 spiro atoms. The minimum Gasteiger partial charge on any atom is -0.458 e. The van der Waals surface area contributed by atoms with Crippen molar-refractivity contribution in [3.63, 3.8) is 0 Å². The highest BCUT2D eigenvalue weighted by Gasteiger charge is 2.41. The average Bonchev–Trinajstić information content (AvgIpc) is 3.41. The van der Waals surface area contributed by atoms with Crippen molar-refractivity contribution in [2.75, 3.05) is 0 Å². The third kappa shape index (κ3) is 3.04. The molecule has 1 aliphatic rings. The first-order valence-corrected chi connectivity index (χ1v) is 9.06. The molecule has 2 amide bonds. The minimum absolute atomic E-state index is 0.110. The van der Waals surface area contributed by atoms with Crippen LogP contribution in [0.5, 0.6) is 0 Å². The van der Waals surface area contributed by atoms with Crippen molar-refractivity contribution < 1.29 is 23.5 Å². The second-order valence-electron chi connectivity index (χ2n) is 5.93. The van der Waals surface area contributed by atoms with Gasteiger partial charge >= 0.3 is 5.97 Å². The smallest absolute Gasteiger partial charge is 0.329 e. The molecule has 136 valence electrons. The zero-order valence-corrected chi connectivity index (χ0v) is 15.1. The predicted molar refractivity (Wildman–Crippen MR) is 96.0 cm³/mol. The molecule has 8 heteroatoms. The Bertz CT molecular complexity index is 989. The van der Waals surface area contributed by atoms with Gasteiger partial charge in [0.2, 0.25) is 5.89 Å². The Morgan fingerprint density at radius 3 is 2.52 bits per heavy atom. The summed E-state index contributed by atoms with van der Waals surface area (Å²) in [6.45, 7) is 1.35. The first-order chi connectivity index (χ1) is 13.1. The summed E-state index contributed by atoms with van der Waals surface area (Å²) in [4.78, 5) is 43.3. The Hall–Kier alpha value is -3.26. The van der Waals surface area contributed by atoms with Crippen molar-refractivity contribution in [1.82, 2.24) is 9.88 Å². The molecule has 3 heterocycles. The lowest BCUT2D eigenvalue weighted by Gasteiger charge is -2.20. The fourth-order valence-corrected chi connectivity index (χ4v) is 3.47. The first kappa shape index (κ1) is 17.2. The molecule has 27 heavy (non-hydrogen) atoms. The largest absolute Gasteiger partial charge is 0.458 e. The van der Waals surface area contributed by atoms with Crippen LogP contribution in [0.4, 0.5) is 0 Å². The number of imide groups is 1. The van der Waals surface area contributed by atoms with Crippen molar-refractivity contribution >= 4 is 29.1 Å². The lowest BCUT2D eigenvalue weighted by molar-refractivity contribution is -0.149. The number of amides is 2. The second-order valence-corrected chi connectivity index (χ2v) is 6.88. The van der Waals surface area contributed by atoms with Crippen LogP contribution in [-0.2, 0) is 16.1 Å². The summed E-state index contributed by atoms with van der Waals surface area (Å²) in [6.07, 6.45) is 1.41. The highest BCUT2D eigenvalue weighted by molar-refractivity contribution is 7.13. The molecule has 0 saturated heterocycles. The van der Waals surface area contributed by atoms with Gasteiger partial charge in [-0.2, -0.15) is 0 Å². The lowest BCUT2D eigenvalue weighted by atomic mass is 10.1. The normalized spacial score (nSPS) is 14.3. The predicted octanol–water partition coefficient (Wildman–Crippen LogP) is 3.13. The Morgan fingerprint density at radius 2 is 1.89 bits per heavy atom. The molecule has 0 saturated carbocycles. The number of carbonyl (C=O) groups is 3. The van der Waals surface area contributed by atoms with E-state index in [1.54, 1.807) is 24.3 Å². The minimum atomic E-state index is -1.04. The third-order valence-corrected chi connectivity index (χ3v) is 5.06. The Labute approximate surface area is 158 Å². The quantitative estimate of drug-likeness (QED) is 0.497. The summed E-state index contributed by atoms with van der Waals surface area (Å²) < 4.78 is 10.6. The first-order valence-electron chi connectivity index (χ1n) is 8.18. The van der Waals surface area contributed by atoms with Gasteiger partial charge in [-0.25, -0.2) is 9.78 Å². The molecule has 1 unspecified atom stereocenters. The number of hydrogen-bond donors (Lipinski definition) is 0. The number of carbonyl (C=O) groups excluding carboxylic acids is 3. The highest BCUT2D eigenvalue weighted by Crippen LogP contribution is 2.26. The monoisotopic (exact) mass is 382 g/mol. The fourth-order valence-electron chi connectivity index (χ4n) is 2.82. The maximum absolute atomic E-state index is 12.4. The van der Waals surface area contributed by atoms with Crippen LogP contribution in [0.2, 0.25) is 0 Å². The molecule has 4 rings (SSSR count). The van der Waals surface area contributed by atoms with Crippen LogP contribution in [0.1, 0.15) is 33.3 Å². The number of fused-ring (bicyclic) bond motifs is 1. The number of aromatic nitrogens is 1. The van der Waals surface area contributed by atoms with Gasteiger partial charge in [-0.1, -0.05) is 18.2 Å². The van der Waals surface area contributed by atoms with E-state index in [2.05, 4.69) is 4.98 Å². The van der Waals surface area contributed by atoms with Crippen LogP contribution in [0, 0.1) is 0 Å². The van der Waals surface area contributed by atoms with Crippen LogP contribution < -0.4 is 0 Å². The summed E-state index contributed by atoms with van der Waals surface area (Å²) in [5.41, 5.74) is 1.03. The molecular weight excluding hydrogens is 368 g/mol. The summed E-state index contributed by atoms with van der Waals surface area (Å²) in [5, 5.41) is 1.91. The van der Waals surface area contributed by atoms with Gasteiger partial charge in [0.05, 0.1) is 16.0 Å². The van der Waals surface area contributed by atoms with Crippen molar-refractivity contribution in [3.05, 3.63) is 64.9 Å². The molecule has 0 radical (unpaired) electrons. The van der Waals surface area contributed by atoms with E-state index in [4.69, 9.17) is 9.15 Å². The standard InChI is InChI=1S/C19H14N2O5S/c1-11(21-17(22)13-5-2-3-6-14(13)18(21)23)19(24)26-10-12-9-25-16(20-12)15-7-4-8-27-15/h2-9,11H,10H2,1H3. The van der Waals surface area contributed by atoms with Gasteiger partial charge in [-0.3, -0.25) is 14.5 Å². The number of rotatable bonds is 5. The maximum atomic E-state index is 12.4. The fraction of sp³-hybridized carbons (Fsp3) is 0.158. The van der Waals surface area contributed by atoms with E-state index < -0.39 is 23.8 Å². The number of hydrogen-bond acceptors (Lipinski definition) is 7. The van der Waals surface area contributed by atoms with E-state index in [-0.39, 0.29) is 6.61 Å². The summed E-state index contributed by atoms with van der Waals surface area (Å²) in [6, 6.07) is 9.19. The number of thiophene rings is 1. The molecule has 0 aliphatic carbocycles. The van der Waals surface area contributed by atoms with E-state index in [0.717, 1.165) is 9.78 Å². The van der Waals surface area contributed by atoms with Crippen molar-refractivity contribution in [1.29, 1.82) is 0 Å². The molecule has 1 atom stereocenters. The van der Waals surface area contributed by atoms with E-state index in [1.807, 2.05) is 17.5 Å². The number of nitrogens with zero attached hydrogens (tertiary/aromatic N) is 2. The molecule has 1 aliphatic heterocycles. The van der Waals surface area contributed by atoms with Crippen LogP contribution in [0.15, 0.2) is 52.5 Å². The van der Waals surface area contributed by atoms with Crippen LogP contribution in [-0.4, -0.2) is 33.7 Å². The van der Waals surface area contributed by atoms with Crippen LogP contribution >= 0.6 is 11.3 Å². The molecule has 3 aromatic rings. The number of esters is 1. The van der Waals surface area contributed by atoms with Gasteiger partial charge in [0.1, 0.15) is 24.6 Å². The SMILES string of the molecule is CC(C(=O)OCc1coc(-c2cccs2)n1)N1C(=O)c2ccccc2C1=O. The lowest BCUT2D eigenvalue weighted by Crippen LogP contribution is -2.43. The molecule has 7 nitrogen and oxygen atoms in total. The van der Waals surface area contributed by atoms with Gasteiger partial charge in [-0.05, 0) is 30.5 Å². The number of oxazole rings is 1. The number of ether oxygens (including phenoxy) is 1. The number of benzene rings is 1. The Morgan fingerprint density at radius 1 is 1.19 bits per heavy atom.